The third-order valence-electron chi connectivity index (χ3n) is 5.93. The molecule has 0 amide bonds. The Labute approximate surface area is 128 Å². The van der Waals surface area contributed by atoms with Crippen LogP contribution < -0.4 is 5.32 Å². The lowest BCUT2D eigenvalue weighted by atomic mass is 9.93. The zero-order valence-corrected chi connectivity index (χ0v) is 13.2. The first-order chi connectivity index (χ1) is 10.4. The van der Waals surface area contributed by atoms with Crippen LogP contribution in [-0.2, 0) is 6.42 Å². The summed E-state index contributed by atoms with van der Waals surface area (Å²) in [5.74, 6) is 0. The van der Waals surface area contributed by atoms with Crippen molar-refractivity contribution in [2.75, 3.05) is 6.54 Å². The van der Waals surface area contributed by atoms with Gasteiger partial charge in [0, 0.05) is 24.2 Å². The van der Waals surface area contributed by atoms with E-state index in [0.717, 1.165) is 18.1 Å². The number of aryl methyl sites for hydroxylation is 1. The number of nitrogens with zero attached hydrogens (tertiary/aromatic N) is 1. The SMILES string of the molecule is CCCNC1CC2CCC(C1)N2C1CCc2ccccc21. The van der Waals surface area contributed by atoms with Crippen molar-refractivity contribution in [3.63, 3.8) is 0 Å². The summed E-state index contributed by atoms with van der Waals surface area (Å²) in [5.41, 5.74) is 3.24. The third kappa shape index (κ3) is 2.43. The minimum Gasteiger partial charge on any atom is -0.314 e. The first-order valence-electron chi connectivity index (χ1n) is 8.95. The fourth-order valence-electron chi connectivity index (χ4n) is 5.08. The summed E-state index contributed by atoms with van der Waals surface area (Å²) in [7, 11) is 0. The molecule has 2 bridgehead atoms. The highest BCUT2D eigenvalue weighted by molar-refractivity contribution is 5.35. The maximum Gasteiger partial charge on any atom is 0.0359 e. The van der Waals surface area contributed by atoms with Gasteiger partial charge in [0.2, 0.25) is 0 Å². The van der Waals surface area contributed by atoms with Gasteiger partial charge in [-0.05, 0) is 62.6 Å². The number of rotatable bonds is 4. The predicted molar refractivity (Wildman–Crippen MR) is 87.5 cm³/mol. The summed E-state index contributed by atoms with van der Waals surface area (Å²) < 4.78 is 0. The van der Waals surface area contributed by atoms with Crippen LogP contribution in [0.5, 0.6) is 0 Å². The molecule has 3 unspecified atom stereocenters. The second-order valence-electron chi connectivity index (χ2n) is 7.21. The van der Waals surface area contributed by atoms with Crippen LogP contribution in [0.1, 0.15) is 62.6 Å². The van der Waals surface area contributed by atoms with E-state index in [9.17, 15) is 0 Å². The van der Waals surface area contributed by atoms with Gasteiger partial charge in [-0.3, -0.25) is 4.90 Å². The van der Waals surface area contributed by atoms with Crippen LogP contribution in [0.3, 0.4) is 0 Å². The van der Waals surface area contributed by atoms with Crippen molar-refractivity contribution in [1.29, 1.82) is 0 Å². The van der Waals surface area contributed by atoms with E-state index in [1.54, 1.807) is 11.1 Å². The first-order valence-corrected chi connectivity index (χ1v) is 8.95. The molecule has 0 radical (unpaired) electrons. The highest BCUT2D eigenvalue weighted by Gasteiger charge is 2.45. The molecule has 114 valence electrons. The van der Waals surface area contributed by atoms with E-state index in [1.807, 2.05) is 0 Å². The lowest BCUT2D eigenvalue weighted by Crippen LogP contribution is -2.50. The molecule has 3 atom stereocenters. The Morgan fingerprint density at radius 2 is 1.86 bits per heavy atom. The van der Waals surface area contributed by atoms with Crippen LogP contribution >= 0.6 is 0 Å². The van der Waals surface area contributed by atoms with Gasteiger partial charge in [-0.25, -0.2) is 0 Å². The Hall–Kier alpha value is -0.860. The minimum atomic E-state index is 0.714. The van der Waals surface area contributed by atoms with E-state index in [0.29, 0.717) is 6.04 Å². The fraction of sp³-hybridized carbons (Fsp3) is 0.684. The summed E-state index contributed by atoms with van der Waals surface area (Å²) in [6.07, 6.45) is 9.48. The van der Waals surface area contributed by atoms with Crippen LogP contribution in [0.2, 0.25) is 0 Å². The van der Waals surface area contributed by atoms with Crippen molar-refractivity contribution in [3.05, 3.63) is 35.4 Å². The molecule has 2 heterocycles. The quantitative estimate of drug-likeness (QED) is 0.907. The Kier molecular flexibility index (Phi) is 3.76. The van der Waals surface area contributed by atoms with Gasteiger partial charge in [0.25, 0.3) is 0 Å². The summed E-state index contributed by atoms with van der Waals surface area (Å²) in [4.78, 5) is 2.91. The van der Waals surface area contributed by atoms with Gasteiger partial charge < -0.3 is 5.32 Å². The molecule has 1 aromatic rings. The molecular weight excluding hydrogens is 256 g/mol. The van der Waals surface area contributed by atoms with E-state index >= 15 is 0 Å². The average molecular weight is 284 g/mol. The van der Waals surface area contributed by atoms with Crippen LogP contribution in [0.25, 0.3) is 0 Å². The van der Waals surface area contributed by atoms with Crippen LogP contribution in [0.15, 0.2) is 24.3 Å². The molecule has 2 aliphatic heterocycles. The standard InChI is InChI=1S/C19H28N2/c1-2-11-20-15-12-16-8-9-17(13-15)21(16)19-10-7-14-5-3-4-6-18(14)19/h3-6,15-17,19-20H,2,7-13H2,1H3. The molecule has 1 N–H and O–H groups in total. The van der Waals surface area contributed by atoms with Gasteiger partial charge in [-0.1, -0.05) is 31.2 Å². The lowest BCUT2D eigenvalue weighted by molar-refractivity contribution is 0.0696. The molecule has 0 aromatic heterocycles. The number of hydrogen-bond donors (Lipinski definition) is 1. The predicted octanol–water partition coefficient (Wildman–Crippen LogP) is 3.67. The zero-order chi connectivity index (χ0) is 14.2. The molecule has 2 nitrogen and oxygen atoms in total. The summed E-state index contributed by atoms with van der Waals surface area (Å²) in [6, 6.07) is 12.3. The zero-order valence-electron chi connectivity index (χ0n) is 13.2. The minimum absolute atomic E-state index is 0.714. The van der Waals surface area contributed by atoms with Crippen molar-refractivity contribution < 1.29 is 0 Å². The maximum absolute atomic E-state index is 3.78. The monoisotopic (exact) mass is 284 g/mol. The Morgan fingerprint density at radius 1 is 1.10 bits per heavy atom. The average Bonchev–Trinajstić information content (AvgIpc) is 3.03. The van der Waals surface area contributed by atoms with Gasteiger partial charge in [0.15, 0.2) is 0 Å². The van der Waals surface area contributed by atoms with E-state index < -0.39 is 0 Å². The summed E-state index contributed by atoms with van der Waals surface area (Å²) in [5, 5.41) is 3.78. The molecule has 2 heteroatoms. The topological polar surface area (TPSA) is 15.3 Å². The third-order valence-corrected chi connectivity index (χ3v) is 5.93. The Morgan fingerprint density at radius 3 is 2.62 bits per heavy atom. The van der Waals surface area contributed by atoms with E-state index in [-0.39, 0.29) is 0 Å². The van der Waals surface area contributed by atoms with Crippen LogP contribution in [0.4, 0.5) is 0 Å². The van der Waals surface area contributed by atoms with E-state index in [1.165, 1.54) is 51.5 Å². The number of hydrogen-bond acceptors (Lipinski definition) is 2. The fourth-order valence-corrected chi connectivity index (χ4v) is 5.08. The van der Waals surface area contributed by atoms with Gasteiger partial charge >= 0.3 is 0 Å². The first kappa shape index (κ1) is 13.8. The number of benzene rings is 1. The maximum atomic E-state index is 3.78. The highest BCUT2D eigenvalue weighted by Crippen LogP contribution is 2.46. The molecule has 0 saturated carbocycles. The molecular formula is C19H28N2. The molecule has 2 fully saturated rings. The molecule has 4 rings (SSSR count). The molecule has 1 aliphatic carbocycles. The Balaban J connectivity index is 1.51. The van der Waals surface area contributed by atoms with Crippen LogP contribution in [-0.4, -0.2) is 29.6 Å². The van der Waals surface area contributed by atoms with Crippen LogP contribution in [0, 0.1) is 0 Å². The molecule has 1 aromatic carbocycles. The van der Waals surface area contributed by atoms with Crippen molar-refractivity contribution >= 4 is 0 Å². The molecule has 0 spiro atoms. The van der Waals surface area contributed by atoms with Gasteiger partial charge in [-0.15, -0.1) is 0 Å². The van der Waals surface area contributed by atoms with Crippen molar-refractivity contribution in [2.45, 2.75) is 76.0 Å². The smallest absolute Gasteiger partial charge is 0.0359 e. The number of fused-ring (bicyclic) bond motifs is 3. The van der Waals surface area contributed by atoms with Crippen molar-refractivity contribution in [3.8, 4) is 0 Å². The van der Waals surface area contributed by atoms with E-state index in [4.69, 9.17) is 0 Å². The normalized spacial score (nSPS) is 35.1. The molecule has 3 aliphatic rings. The van der Waals surface area contributed by atoms with Gasteiger partial charge in [0.05, 0.1) is 0 Å². The number of nitrogens with one attached hydrogen (secondary N) is 1. The van der Waals surface area contributed by atoms with Gasteiger partial charge in [-0.2, -0.15) is 0 Å². The summed E-state index contributed by atoms with van der Waals surface area (Å²) >= 11 is 0. The molecule has 21 heavy (non-hydrogen) atoms. The lowest BCUT2D eigenvalue weighted by Gasteiger charge is -2.43. The summed E-state index contributed by atoms with van der Waals surface area (Å²) in [6.45, 7) is 3.46. The van der Waals surface area contributed by atoms with Crippen molar-refractivity contribution in [1.82, 2.24) is 10.2 Å². The van der Waals surface area contributed by atoms with Crippen molar-refractivity contribution in [2.24, 2.45) is 0 Å². The number of piperidine rings is 1. The highest BCUT2D eigenvalue weighted by atomic mass is 15.3. The van der Waals surface area contributed by atoms with Gasteiger partial charge in [0.1, 0.15) is 0 Å². The molecule has 2 saturated heterocycles. The van der Waals surface area contributed by atoms with E-state index in [2.05, 4.69) is 41.4 Å². The Bertz CT molecular complexity index is 484. The second kappa shape index (κ2) is 5.73. The largest absolute Gasteiger partial charge is 0.314 e. The second-order valence-corrected chi connectivity index (χ2v) is 7.21.